The Kier molecular flexibility index (Phi) is 6.98. The summed E-state index contributed by atoms with van der Waals surface area (Å²) in [4.78, 5) is 34.3. The third-order valence-corrected chi connectivity index (χ3v) is 5.48. The van der Waals surface area contributed by atoms with Gasteiger partial charge in [-0.15, -0.1) is 0 Å². The van der Waals surface area contributed by atoms with Crippen molar-refractivity contribution in [1.82, 2.24) is 20.2 Å². The molecule has 1 unspecified atom stereocenters. The fraction of sp³-hybridized carbons (Fsp3) is 0.500. The smallest absolute Gasteiger partial charge is 0.258 e. The minimum atomic E-state index is -0.290. The van der Waals surface area contributed by atoms with Gasteiger partial charge < -0.3 is 10.3 Å². The van der Waals surface area contributed by atoms with E-state index in [0.29, 0.717) is 36.4 Å². The Morgan fingerprint density at radius 1 is 1.32 bits per heavy atom. The molecule has 2 aromatic rings. The summed E-state index contributed by atoms with van der Waals surface area (Å²) in [6.45, 7) is 5.71. The highest BCUT2D eigenvalue weighted by atomic mass is 16.2. The van der Waals surface area contributed by atoms with E-state index >= 15 is 0 Å². The van der Waals surface area contributed by atoms with Crippen molar-refractivity contribution < 1.29 is 4.79 Å². The summed E-state index contributed by atoms with van der Waals surface area (Å²) < 4.78 is 0. The number of nitrogens with zero attached hydrogens (tertiary/aromatic N) is 2. The van der Waals surface area contributed by atoms with Gasteiger partial charge in [-0.25, -0.2) is 4.98 Å². The number of aromatic amines is 1. The van der Waals surface area contributed by atoms with Crippen LogP contribution in [0.4, 0.5) is 0 Å². The lowest BCUT2D eigenvalue weighted by molar-refractivity contribution is -0.126. The molecular formula is C22H30N4O2. The summed E-state index contributed by atoms with van der Waals surface area (Å²) in [7, 11) is 0. The molecule has 150 valence electrons. The van der Waals surface area contributed by atoms with E-state index in [4.69, 9.17) is 0 Å². The lowest BCUT2D eigenvalue weighted by Gasteiger charge is -2.26. The summed E-state index contributed by atoms with van der Waals surface area (Å²) in [6.07, 6.45) is 8.12. The minimum absolute atomic E-state index is 0.0152. The molecule has 2 N–H and O–H groups in total. The predicted octanol–water partition coefficient (Wildman–Crippen LogP) is 3.14. The number of nitrogens with one attached hydrogen (secondary N) is 2. The SMILES string of the molecule is CCN(Cc1nc2ccccc2c(=O)[nH]1)C(C)C(=O)NCCC1=CCCCC1. The van der Waals surface area contributed by atoms with Crippen molar-refractivity contribution in [3.8, 4) is 0 Å². The zero-order valence-corrected chi connectivity index (χ0v) is 16.8. The van der Waals surface area contributed by atoms with E-state index in [-0.39, 0.29) is 17.5 Å². The van der Waals surface area contributed by atoms with Gasteiger partial charge in [0.2, 0.25) is 5.91 Å². The van der Waals surface area contributed by atoms with Crippen molar-refractivity contribution in [3.05, 3.63) is 52.1 Å². The van der Waals surface area contributed by atoms with Crippen LogP contribution in [0.15, 0.2) is 40.7 Å². The highest BCUT2D eigenvalue weighted by Gasteiger charge is 2.21. The number of allylic oxidation sites excluding steroid dienone is 1. The molecule has 1 aliphatic carbocycles. The van der Waals surface area contributed by atoms with E-state index in [1.165, 1.54) is 24.8 Å². The van der Waals surface area contributed by atoms with Crippen LogP contribution in [0, 0.1) is 0 Å². The van der Waals surface area contributed by atoms with E-state index in [1.54, 1.807) is 6.07 Å². The average molecular weight is 383 g/mol. The number of benzene rings is 1. The Hall–Kier alpha value is -2.47. The number of carbonyl (C=O) groups excluding carboxylic acids is 1. The Morgan fingerprint density at radius 3 is 2.89 bits per heavy atom. The fourth-order valence-corrected chi connectivity index (χ4v) is 3.72. The first-order valence-corrected chi connectivity index (χ1v) is 10.3. The molecule has 0 radical (unpaired) electrons. The molecule has 0 saturated carbocycles. The van der Waals surface area contributed by atoms with Gasteiger partial charge in [-0.3, -0.25) is 14.5 Å². The number of amides is 1. The van der Waals surface area contributed by atoms with E-state index < -0.39 is 0 Å². The molecule has 0 saturated heterocycles. The van der Waals surface area contributed by atoms with Gasteiger partial charge in [-0.1, -0.05) is 30.7 Å². The number of fused-ring (bicyclic) bond motifs is 1. The molecule has 3 rings (SSSR count). The zero-order valence-electron chi connectivity index (χ0n) is 16.8. The van der Waals surface area contributed by atoms with Crippen molar-refractivity contribution >= 4 is 16.8 Å². The van der Waals surface area contributed by atoms with Crippen molar-refractivity contribution in [2.75, 3.05) is 13.1 Å². The zero-order chi connectivity index (χ0) is 19.9. The number of hydrogen-bond acceptors (Lipinski definition) is 4. The molecule has 1 heterocycles. The van der Waals surface area contributed by atoms with Crippen molar-refractivity contribution in [2.24, 2.45) is 0 Å². The molecule has 6 nitrogen and oxygen atoms in total. The van der Waals surface area contributed by atoms with Gasteiger partial charge in [-0.2, -0.15) is 0 Å². The van der Waals surface area contributed by atoms with Crippen LogP contribution in [0.2, 0.25) is 0 Å². The van der Waals surface area contributed by atoms with Crippen LogP contribution in [0.3, 0.4) is 0 Å². The molecule has 0 fully saturated rings. The normalized spacial score (nSPS) is 15.5. The molecule has 1 aliphatic rings. The van der Waals surface area contributed by atoms with Crippen LogP contribution < -0.4 is 10.9 Å². The van der Waals surface area contributed by atoms with Crippen LogP contribution in [0.5, 0.6) is 0 Å². The quantitative estimate of drug-likeness (QED) is 0.688. The molecule has 28 heavy (non-hydrogen) atoms. The molecule has 1 atom stereocenters. The predicted molar refractivity (Wildman–Crippen MR) is 112 cm³/mol. The third-order valence-electron chi connectivity index (χ3n) is 5.48. The third kappa shape index (κ3) is 5.07. The maximum Gasteiger partial charge on any atom is 0.258 e. The Morgan fingerprint density at radius 2 is 2.14 bits per heavy atom. The Labute approximate surface area is 166 Å². The summed E-state index contributed by atoms with van der Waals surface area (Å²) in [5, 5.41) is 3.64. The van der Waals surface area contributed by atoms with Crippen LogP contribution in [-0.4, -0.2) is 39.9 Å². The summed E-state index contributed by atoms with van der Waals surface area (Å²) in [6, 6.07) is 7.00. The maximum absolute atomic E-state index is 12.6. The number of rotatable bonds is 8. The molecule has 1 amide bonds. The number of carbonyl (C=O) groups is 1. The van der Waals surface area contributed by atoms with E-state index in [1.807, 2.05) is 36.9 Å². The Bertz CT molecular complexity index is 903. The van der Waals surface area contributed by atoms with Crippen LogP contribution in [0.1, 0.15) is 51.8 Å². The largest absolute Gasteiger partial charge is 0.354 e. The molecular weight excluding hydrogens is 352 g/mol. The van der Waals surface area contributed by atoms with Crippen molar-refractivity contribution in [1.29, 1.82) is 0 Å². The van der Waals surface area contributed by atoms with E-state index in [2.05, 4.69) is 21.4 Å². The fourth-order valence-electron chi connectivity index (χ4n) is 3.72. The van der Waals surface area contributed by atoms with Gasteiger partial charge in [-0.05, 0) is 57.7 Å². The number of para-hydroxylation sites is 1. The van der Waals surface area contributed by atoms with Crippen LogP contribution in [-0.2, 0) is 11.3 Å². The molecule has 6 heteroatoms. The van der Waals surface area contributed by atoms with Gasteiger partial charge in [0, 0.05) is 6.54 Å². The Balaban J connectivity index is 1.59. The second-order valence-corrected chi connectivity index (χ2v) is 7.42. The topological polar surface area (TPSA) is 78.1 Å². The number of aromatic nitrogens is 2. The minimum Gasteiger partial charge on any atom is -0.354 e. The van der Waals surface area contributed by atoms with Crippen LogP contribution in [0.25, 0.3) is 10.9 Å². The molecule has 0 aliphatic heterocycles. The van der Waals surface area contributed by atoms with Crippen molar-refractivity contribution in [2.45, 2.75) is 58.5 Å². The standard InChI is InChI=1S/C22H30N4O2/c1-3-26(15-20-24-19-12-8-7-11-18(19)22(28)25-20)16(2)21(27)23-14-13-17-9-5-4-6-10-17/h7-9,11-12,16H,3-6,10,13-15H2,1-2H3,(H,23,27)(H,24,25,28). The lowest BCUT2D eigenvalue weighted by Crippen LogP contribution is -2.45. The van der Waals surface area contributed by atoms with Gasteiger partial charge in [0.15, 0.2) is 0 Å². The molecule has 0 spiro atoms. The van der Waals surface area contributed by atoms with E-state index in [0.717, 1.165) is 12.8 Å². The molecule has 1 aromatic carbocycles. The monoisotopic (exact) mass is 382 g/mol. The van der Waals surface area contributed by atoms with E-state index in [9.17, 15) is 9.59 Å². The maximum atomic E-state index is 12.6. The first-order valence-electron chi connectivity index (χ1n) is 10.3. The number of hydrogen-bond donors (Lipinski definition) is 2. The van der Waals surface area contributed by atoms with Gasteiger partial charge in [0.05, 0.1) is 23.5 Å². The second-order valence-electron chi connectivity index (χ2n) is 7.42. The second kappa shape index (κ2) is 9.64. The highest BCUT2D eigenvalue weighted by Crippen LogP contribution is 2.19. The summed E-state index contributed by atoms with van der Waals surface area (Å²) >= 11 is 0. The average Bonchev–Trinajstić information content (AvgIpc) is 2.72. The summed E-state index contributed by atoms with van der Waals surface area (Å²) in [5.74, 6) is 0.596. The number of H-pyrrole nitrogens is 1. The highest BCUT2D eigenvalue weighted by molar-refractivity contribution is 5.81. The van der Waals surface area contributed by atoms with Gasteiger partial charge in [0.1, 0.15) is 5.82 Å². The first-order chi connectivity index (χ1) is 13.6. The lowest BCUT2D eigenvalue weighted by atomic mass is 9.97. The van der Waals surface area contributed by atoms with Gasteiger partial charge in [0.25, 0.3) is 5.56 Å². The van der Waals surface area contributed by atoms with Gasteiger partial charge >= 0.3 is 0 Å². The van der Waals surface area contributed by atoms with Crippen LogP contribution >= 0.6 is 0 Å². The summed E-state index contributed by atoms with van der Waals surface area (Å²) in [5.41, 5.74) is 1.99. The molecule has 1 aromatic heterocycles. The number of likely N-dealkylation sites (N-methyl/N-ethyl adjacent to an activating group) is 1. The first kappa shape index (κ1) is 20.3. The molecule has 0 bridgehead atoms. The van der Waals surface area contributed by atoms with Crippen molar-refractivity contribution in [3.63, 3.8) is 0 Å².